The van der Waals surface area contributed by atoms with Gasteiger partial charge in [0.1, 0.15) is 24.1 Å². The van der Waals surface area contributed by atoms with E-state index in [9.17, 15) is 19.8 Å². The first-order valence-corrected chi connectivity index (χ1v) is 20.7. The summed E-state index contributed by atoms with van der Waals surface area (Å²) in [5.74, 6) is 0.176. The number of oxime groups is 1. The Labute approximate surface area is 335 Å². The summed E-state index contributed by atoms with van der Waals surface area (Å²) in [6.07, 6.45) is 9.94. The Kier molecular flexibility index (Phi) is 13.1. The minimum Gasteiger partial charge on any atom is -0.459 e. The Bertz CT molecular complexity index is 1830. The van der Waals surface area contributed by atoms with Gasteiger partial charge in [0.2, 0.25) is 18.5 Å². The second-order valence-electron chi connectivity index (χ2n) is 15.5. The van der Waals surface area contributed by atoms with Crippen LogP contribution in [0.15, 0.2) is 65.9 Å². The minimum absolute atomic E-state index is 0.0243. The van der Waals surface area contributed by atoms with Crippen LogP contribution < -0.4 is 24.3 Å². The number of rotatable bonds is 19. The lowest BCUT2D eigenvalue weighted by Gasteiger charge is -2.60. The third-order valence-corrected chi connectivity index (χ3v) is 11.9. The number of fused-ring (bicyclic) bond motifs is 3. The topological polar surface area (TPSA) is 158 Å². The van der Waals surface area contributed by atoms with Crippen LogP contribution >= 0.6 is 0 Å². The Morgan fingerprint density at radius 2 is 1.79 bits per heavy atom. The van der Waals surface area contributed by atoms with Gasteiger partial charge in [-0.15, -0.1) is 6.58 Å². The van der Waals surface area contributed by atoms with Crippen LogP contribution in [0.2, 0.25) is 0 Å². The van der Waals surface area contributed by atoms with Gasteiger partial charge >= 0.3 is 6.09 Å². The van der Waals surface area contributed by atoms with E-state index in [4.69, 9.17) is 33.7 Å². The highest BCUT2D eigenvalue weighted by atomic mass is 16.7. The molecule has 13 nitrogen and oxygen atoms in total. The number of hydrogen-bond acceptors (Lipinski definition) is 11. The van der Waals surface area contributed by atoms with E-state index in [0.29, 0.717) is 55.4 Å². The molecule has 5 aliphatic rings. The number of nitrogens with one attached hydrogen (secondary N) is 1. The number of aliphatic hydroxyl groups excluding tert-OH is 2. The number of unbranched alkanes of at least 4 members (excludes halogenated alkanes) is 2. The predicted molar refractivity (Wildman–Crippen MR) is 212 cm³/mol. The zero-order chi connectivity index (χ0) is 39.9. The Balaban J connectivity index is 1.43. The van der Waals surface area contributed by atoms with Crippen LogP contribution in [0.4, 0.5) is 4.79 Å². The second-order valence-corrected chi connectivity index (χ2v) is 15.5. The van der Waals surface area contributed by atoms with Gasteiger partial charge in [-0.05, 0) is 106 Å². The molecular weight excluding hydrogens is 730 g/mol. The van der Waals surface area contributed by atoms with Gasteiger partial charge in [0, 0.05) is 50.1 Å². The molecule has 2 amide bonds. The molecule has 2 heterocycles. The van der Waals surface area contributed by atoms with Crippen molar-refractivity contribution in [3.63, 3.8) is 0 Å². The van der Waals surface area contributed by atoms with Crippen LogP contribution in [0, 0.1) is 23.7 Å². The molecule has 0 aromatic heterocycles. The monoisotopic (exact) mass is 787 g/mol. The van der Waals surface area contributed by atoms with Crippen molar-refractivity contribution in [1.82, 2.24) is 10.2 Å². The molecule has 0 radical (unpaired) electrons. The lowest BCUT2D eigenvalue weighted by Crippen LogP contribution is -2.70. The molecule has 13 heteroatoms. The van der Waals surface area contributed by atoms with Crippen molar-refractivity contribution in [2.75, 3.05) is 39.8 Å². The van der Waals surface area contributed by atoms with Crippen LogP contribution in [-0.2, 0) is 20.9 Å². The van der Waals surface area contributed by atoms with Crippen molar-refractivity contribution in [3.8, 4) is 23.0 Å². The smallest absolute Gasteiger partial charge is 0.412 e. The van der Waals surface area contributed by atoms with E-state index in [0.717, 1.165) is 60.9 Å². The first-order valence-electron chi connectivity index (χ1n) is 20.7. The van der Waals surface area contributed by atoms with E-state index < -0.39 is 23.8 Å². The average Bonchev–Trinajstić information content (AvgIpc) is 3.96. The lowest BCUT2D eigenvalue weighted by molar-refractivity contribution is -0.258. The highest BCUT2D eigenvalue weighted by Gasteiger charge is 2.66. The molecule has 308 valence electrons. The largest absolute Gasteiger partial charge is 0.459 e. The number of benzene rings is 2. The molecule has 0 bridgehead atoms. The number of carbonyl (C=O) groups excluding carboxylic acids is 2. The fourth-order valence-corrected chi connectivity index (χ4v) is 9.28. The maximum absolute atomic E-state index is 14.7. The molecule has 2 fully saturated rings. The lowest BCUT2D eigenvalue weighted by atomic mass is 9.55. The van der Waals surface area contributed by atoms with Crippen molar-refractivity contribution in [2.45, 2.75) is 95.9 Å². The van der Waals surface area contributed by atoms with E-state index in [-0.39, 0.29) is 62.7 Å². The fourth-order valence-electron chi connectivity index (χ4n) is 9.28. The van der Waals surface area contributed by atoms with Gasteiger partial charge in [-0.3, -0.25) is 4.79 Å². The van der Waals surface area contributed by atoms with Gasteiger partial charge in [0.15, 0.2) is 11.5 Å². The summed E-state index contributed by atoms with van der Waals surface area (Å²) in [5.41, 5.74) is 3.44. The maximum Gasteiger partial charge on any atom is 0.412 e. The zero-order valence-electron chi connectivity index (χ0n) is 33.2. The first kappa shape index (κ1) is 40.6. The van der Waals surface area contributed by atoms with Crippen molar-refractivity contribution in [3.05, 3.63) is 71.8 Å². The Morgan fingerprint density at radius 1 is 1.02 bits per heavy atom. The SMILES string of the molecule is C=CCOC12Oc3ccc(OC(=O)NCC)cc3C3C(CCCCO)C(CCCCO)C=C(C(=NOCC)CC1N(Cc1ccc4c(c1)OCO4)C(=O)C1CC1)C32. The maximum atomic E-state index is 14.7. The zero-order valence-corrected chi connectivity index (χ0v) is 33.2. The third kappa shape index (κ3) is 8.51. The van der Waals surface area contributed by atoms with E-state index in [2.05, 4.69) is 18.0 Å². The molecule has 3 N–H and O–H groups in total. The molecule has 6 atom stereocenters. The Hall–Kier alpha value is -4.59. The van der Waals surface area contributed by atoms with E-state index in [1.54, 1.807) is 12.1 Å². The summed E-state index contributed by atoms with van der Waals surface area (Å²) in [6, 6.07) is 10.6. The number of carbonyl (C=O) groups is 2. The molecule has 0 spiro atoms. The Morgan fingerprint density at radius 3 is 2.53 bits per heavy atom. The van der Waals surface area contributed by atoms with Crippen LogP contribution in [0.25, 0.3) is 0 Å². The highest BCUT2D eigenvalue weighted by molar-refractivity contribution is 6.03. The van der Waals surface area contributed by atoms with Crippen molar-refractivity contribution < 1.29 is 48.3 Å². The third-order valence-electron chi connectivity index (χ3n) is 11.9. The number of nitrogens with zero attached hydrogens (tertiary/aromatic N) is 2. The normalized spacial score (nSPS) is 26.1. The summed E-state index contributed by atoms with van der Waals surface area (Å²) >= 11 is 0. The van der Waals surface area contributed by atoms with Gasteiger partial charge in [0.05, 0.1) is 18.2 Å². The fraction of sp³-hybridized carbons (Fsp3) is 0.568. The van der Waals surface area contributed by atoms with Gasteiger partial charge in [0.25, 0.3) is 0 Å². The molecule has 2 aliphatic heterocycles. The van der Waals surface area contributed by atoms with Crippen molar-refractivity contribution in [2.24, 2.45) is 28.8 Å². The highest BCUT2D eigenvalue weighted by Crippen LogP contribution is 2.62. The molecule has 2 aromatic rings. The first-order chi connectivity index (χ1) is 27.8. The van der Waals surface area contributed by atoms with E-state index in [1.807, 2.05) is 49.1 Å². The van der Waals surface area contributed by atoms with Crippen LogP contribution in [0.3, 0.4) is 0 Å². The van der Waals surface area contributed by atoms with Gasteiger partial charge in [-0.1, -0.05) is 36.2 Å². The summed E-state index contributed by atoms with van der Waals surface area (Å²) in [4.78, 5) is 35.2. The molecule has 57 heavy (non-hydrogen) atoms. The van der Waals surface area contributed by atoms with Gasteiger partial charge in [-0.2, -0.15) is 0 Å². The quantitative estimate of drug-likeness (QED) is 0.0804. The number of aliphatic hydroxyl groups is 2. The molecular formula is C44H57N3O10. The summed E-state index contributed by atoms with van der Waals surface area (Å²) in [6.45, 7) is 9.29. The molecule has 6 unspecified atom stereocenters. The van der Waals surface area contributed by atoms with Gasteiger partial charge in [-0.25, -0.2) is 4.79 Å². The molecule has 3 aliphatic carbocycles. The molecule has 7 rings (SSSR count). The van der Waals surface area contributed by atoms with Gasteiger partial charge < -0.3 is 49.0 Å². The molecule has 2 aromatic carbocycles. The number of amides is 2. The minimum atomic E-state index is -1.39. The molecule has 2 saturated carbocycles. The van der Waals surface area contributed by atoms with E-state index >= 15 is 0 Å². The molecule has 0 saturated heterocycles. The standard InChI is InChI=1S/C44H57N3O10/c1-4-21-54-44-39(47(42(50)29-14-15-29)26-28-13-17-37-38(22-28)53-27-52-37)25-35(46-55-6-3)33-23-30(11-7-9-19-48)32(12-8-10-20-49)40(41(33)44)34-24-31(16-18-36(34)57-44)56-43(51)45-5-2/h4,13,16-18,22-24,29-30,32,39-41,48-49H,1,5-12,14-15,19-21,25-27H2,2-3H3,(H,45,51). The summed E-state index contributed by atoms with van der Waals surface area (Å²) in [5, 5.41) is 27.2. The van der Waals surface area contributed by atoms with Crippen LogP contribution in [-0.4, -0.2) is 84.4 Å². The average molecular weight is 788 g/mol. The van der Waals surface area contributed by atoms with Crippen LogP contribution in [0.1, 0.15) is 88.7 Å². The van der Waals surface area contributed by atoms with Crippen LogP contribution in [0.5, 0.6) is 23.0 Å². The predicted octanol–water partition coefficient (Wildman–Crippen LogP) is 6.62. The number of allylic oxidation sites excluding steroid dienone is 1. The number of hydrogen-bond donors (Lipinski definition) is 3. The summed E-state index contributed by atoms with van der Waals surface area (Å²) < 4.78 is 31.5. The van der Waals surface area contributed by atoms with Crippen molar-refractivity contribution >= 4 is 17.7 Å². The second kappa shape index (κ2) is 18.3. The number of ether oxygens (including phenoxy) is 5. The van der Waals surface area contributed by atoms with Crippen molar-refractivity contribution in [1.29, 1.82) is 0 Å². The summed E-state index contributed by atoms with van der Waals surface area (Å²) in [7, 11) is 0. The van der Waals surface area contributed by atoms with E-state index in [1.165, 1.54) is 0 Å².